The fraction of sp³-hybridized carbons (Fsp3) is 0.444. The Morgan fingerprint density at radius 3 is 2.32 bits per heavy atom. The minimum absolute atomic E-state index is 0.267. The van der Waals surface area contributed by atoms with Crippen LogP contribution < -0.4 is 0 Å². The monoisotopic (exact) mass is 336 g/mol. The fourth-order valence-corrected chi connectivity index (χ4v) is 3.23. The highest BCUT2D eigenvalue weighted by atomic mass is 35.5. The molecule has 0 saturated heterocycles. The lowest BCUT2D eigenvalue weighted by atomic mass is 9.96. The van der Waals surface area contributed by atoms with E-state index in [1.807, 2.05) is 26.0 Å². The van der Waals surface area contributed by atoms with Crippen LogP contribution in [0.2, 0.25) is 10.0 Å². The summed E-state index contributed by atoms with van der Waals surface area (Å²) in [5.41, 5.74) is 5.35. The van der Waals surface area contributed by atoms with Crippen molar-refractivity contribution in [3.05, 3.63) is 56.6 Å². The number of rotatable bonds is 4. The molecule has 2 aromatic heterocycles. The van der Waals surface area contributed by atoms with Gasteiger partial charge in [-0.15, -0.1) is 0 Å². The summed E-state index contributed by atoms with van der Waals surface area (Å²) in [5, 5.41) is 1.47. The molecule has 0 aromatic carbocycles. The van der Waals surface area contributed by atoms with E-state index in [1.54, 1.807) is 6.20 Å². The van der Waals surface area contributed by atoms with Crippen LogP contribution in [0.1, 0.15) is 60.8 Å². The van der Waals surface area contributed by atoms with Gasteiger partial charge in [0.25, 0.3) is 0 Å². The van der Waals surface area contributed by atoms with E-state index in [0.29, 0.717) is 10.9 Å². The number of nitrogens with zero attached hydrogens (tertiary/aromatic N) is 2. The molecule has 0 fully saturated rings. The van der Waals surface area contributed by atoms with Crippen molar-refractivity contribution >= 4 is 23.2 Å². The Kier molecular flexibility index (Phi) is 5.46. The number of pyridine rings is 2. The summed E-state index contributed by atoms with van der Waals surface area (Å²) in [6.45, 7) is 10.5. The SMILES string of the molecule is Cc1cc(Cl)cnc1C(C)Cc1cc(Cl)c(C)c(C(C)C)n1. The highest BCUT2D eigenvalue weighted by molar-refractivity contribution is 6.31. The molecule has 2 heterocycles. The van der Waals surface area contributed by atoms with Gasteiger partial charge >= 0.3 is 0 Å². The van der Waals surface area contributed by atoms with Crippen molar-refractivity contribution in [1.29, 1.82) is 0 Å². The lowest BCUT2D eigenvalue weighted by Gasteiger charge is -2.16. The van der Waals surface area contributed by atoms with E-state index >= 15 is 0 Å². The molecule has 4 heteroatoms. The molecule has 0 saturated carbocycles. The lowest BCUT2D eigenvalue weighted by molar-refractivity contribution is 0.697. The summed E-state index contributed by atoms with van der Waals surface area (Å²) >= 11 is 12.4. The minimum atomic E-state index is 0.267. The van der Waals surface area contributed by atoms with Crippen LogP contribution in [0, 0.1) is 13.8 Å². The molecule has 1 atom stereocenters. The number of halogens is 2. The zero-order valence-corrected chi connectivity index (χ0v) is 15.3. The summed E-state index contributed by atoms with van der Waals surface area (Å²) in [7, 11) is 0. The Bertz CT molecular complexity index is 681. The molecule has 2 aromatic rings. The van der Waals surface area contributed by atoms with Crippen LogP contribution in [0.4, 0.5) is 0 Å². The number of hydrogen-bond acceptors (Lipinski definition) is 2. The quantitative estimate of drug-likeness (QED) is 0.697. The molecule has 0 N–H and O–H groups in total. The lowest BCUT2D eigenvalue weighted by Crippen LogP contribution is -2.07. The van der Waals surface area contributed by atoms with Gasteiger partial charge in [0.1, 0.15) is 0 Å². The topological polar surface area (TPSA) is 25.8 Å². The van der Waals surface area contributed by atoms with Gasteiger partial charge < -0.3 is 0 Å². The maximum absolute atomic E-state index is 6.37. The van der Waals surface area contributed by atoms with Crippen molar-refractivity contribution in [2.24, 2.45) is 0 Å². The summed E-state index contributed by atoms with van der Waals surface area (Å²) < 4.78 is 0. The summed E-state index contributed by atoms with van der Waals surface area (Å²) in [5.74, 6) is 0.631. The number of aryl methyl sites for hydroxylation is 1. The molecular weight excluding hydrogens is 315 g/mol. The van der Waals surface area contributed by atoms with Gasteiger partial charge in [0, 0.05) is 34.2 Å². The van der Waals surface area contributed by atoms with Gasteiger partial charge in [-0.1, -0.05) is 44.0 Å². The van der Waals surface area contributed by atoms with Crippen LogP contribution in [0.5, 0.6) is 0 Å². The second-order valence-electron chi connectivity index (χ2n) is 6.22. The van der Waals surface area contributed by atoms with E-state index in [-0.39, 0.29) is 5.92 Å². The molecule has 22 heavy (non-hydrogen) atoms. The molecule has 0 bridgehead atoms. The smallest absolute Gasteiger partial charge is 0.0592 e. The number of hydrogen-bond donors (Lipinski definition) is 0. The van der Waals surface area contributed by atoms with Crippen molar-refractivity contribution in [3.8, 4) is 0 Å². The third-order valence-corrected chi connectivity index (χ3v) is 4.51. The van der Waals surface area contributed by atoms with Crippen LogP contribution in [0.15, 0.2) is 18.3 Å². The van der Waals surface area contributed by atoms with E-state index in [9.17, 15) is 0 Å². The molecule has 0 spiro atoms. The van der Waals surface area contributed by atoms with Gasteiger partial charge in [-0.25, -0.2) is 0 Å². The predicted octanol–water partition coefficient (Wildman–Crippen LogP) is 5.87. The molecule has 0 amide bonds. The Morgan fingerprint density at radius 1 is 1.05 bits per heavy atom. The summed E-state index contributed by atoms with van der Waals surface area (Å²) in [6.07, 6.45) is 2.52. The first kappa shape index (κ1) is 17.2. The van der Waals surface area contributed by atoms with E-state index in [1.165, 1.54) is 0 Å². The first-order chi connectivity index (χ1) is 10.3. The predicted molar refractivity (Wildman–Crippen MR) is 94.2 cm³/mol. The molecule has 2 nitrogen and oxygen atoms in total. The van der Waals surface area contributed by atoms with Crippen LogP contribution >= 0.6 is 23.2 Å². The molecular formula is C18H22Cl2N2. The zero-order chi connectivity index (χ0) is 16.4. The molecule has 0 aliphatic carbocycles. The van der Waals surface area contributed by atoms with Crippen molar-refractivity contribution in [2.45, 2.75) is 52.9 Å². The van der Waals surface area contributed by atoms with E-state index in [0.717, 1.165) is 39.7 Å². The normalized spacial score (nSPS) is 12.7. The first-order valence-corrected chi connectivity index (χ1v) is 8.33. The highest BCUT2D eigenvalue weighted by Gasteiger charge is 2.16. The van der Waals surface area contributed by atoms with Gasteiger partial charge in [-0.2, -0.15) is 0 Å². The van der Waals surface area contributed by atoms with E-state index in [4.69, 9.17) is 28.2 Å². The molecule has 1 unspecified atom stereocenters. The summed E-state index contributed by atoms with van der Waals surface area (Å²) in [4.78, 5) is 9.29. The van der Waals surface area contributed by atoms with E-state index < -0.39 is 0 Å². The Labute approximate surface area is 142 Å². The van der Waals surface area contributed by atoms with Crippen molar-refractivity contribution < 1.29 is 0 Å². The maximum atomic E-state index is 6.37. The maximum Gasteiger partial charge on any atom is 0.0592 e. The van der Waals surface area contributed by atoms with Crippen molar-refractivity contribution in [1.82, 2.24) is 9.97 Å². The van der Waals surface area contributed by atoms with Gasteiger partial charge in [-0.05, 0) is 49.4 Å². The fourth-order valence-electron chi connectivity index (χ4n) is 2.79. The van der Waals surface area contributed by atoms with E-state index in [2.05, 4.69) is 25.8 Å². The van der Waals surface area contributed by atoms with Crippen molar-refractivity contribution in [2.75, 3.05) is 0 Å². The molecule has 0 aliphatic heterocycles. The zero-order valence-electron chi connectivity index (χ0n) is 13.7. The highest BCUT2D eigenvalue weighted by Crippen LogP contribution is 2.28. The molecule has 0 radical (unpaired) electrons. The Hall–Kier alpha value is -1.12. The second kappa shape index (κ2) is 6.97. The average Bonchev–Trinajstić information content (AvgIpc) is 2.42. The Morgan fingerprint density at radius 2 is 1.73 bits per heavy atom. The van der Waals surface area contributed by atoms with Crippen molar-refractivity contribution in [3.63, 3.8) is 0 Å². The van der Waals surface area contributed by atoms with Gasteiger partial charge in [0.05, 0.1) is 5.02 Å². The Balaban J connectivity index is 2.30. The average molecular weight is 337 g/mol. The molecule has 118 valence electrons. The van der Waals surface area contributed by atoms with Crippen LogP contribution in [0.25, 0.3) is 0 Å². The van der Waals surface area contributed by atoms with Crippen LogP contribution in [-0.2, 0) is 6.42 Å². The largest absolute Gasteiger partial charge is 0.259 e. The third-order valence-electron chi connectivity index (χ3n) is 3.91. The van der Waals surface area contributed by atoms with Crippen LogP contribution in [0.3, 0.4) is 0 Å². The van der Waals surface area contributed by atoms with Gasteiger partial charge in [0.15, 0.2) is 0 Å². The van der Waals surface area contributed by atoms with Crippen LogP contribution in [-0.4, -0.2) is 9.97 Å². The first-order valence-electron chi connectivity index (χ1n) is 7.57. The minimum Gasteiger partial charge on any atom is -0.259 e. The standard InChI is InChI=1S/C18H22Cl2N2/c1-10(2)17-13(5)16(20)8-15(22-17)7-12(4)18-11(3)6-14(19)9-21-18/h6,8-10,12H,7H2,1-5H3. The third kappa shape index (κ3) is 3.80. The number of aromatic nitrogens is 2. The van der Waals surface area contributed by atoms with Gasteiger partial charge in [-0.3, -0.25) is 9.97 Å². The molecule has 0 aliphatic rings. The summed E-state index contributed by atoms with van der Waals surface area (Å²) in [6, 6.07) is 3.93. The molecule has 2 rings (SSSR count). The van der Waals surface area contributed by atoms with Gasteiger partial charge in [0.2, 0.25) is 0 Å². The second-order valence-corrected chi connectivity index (χ2v) is 7.06.